The van der Waals surface area contributed by atoms with Gasteiger partial charge in [0.25, 0.3) is 0 Å². The van der Waals surface area contributed by atoms with Gasteiger partial charge in [-0.1, -0.05) is 0 Å². The van der Waals surface area contributed by atoms with Crippen molar-refractivity contribution in [2.45, 2.75) is 31.8 Å². The topological polar surface area (TPSA) is 35.5 Å². The summed E-state index contributed by atoms with van der Waals surface area (Å²) in [6.45, 7) is 3.76. The highest BCUT2D eigenvalue weighted by Gasteiger charge is 2.40. The normalized spacial score (nSPS) is 19.1. The summed E-state index contributed by atoms with van der Waals surface area (Å²) in [6.07, 6.45) is 1.84. The predicted molar refractivity (Wildman–Crippen MR) is 67.4 cm³/mol. The monoisotopic (exact) mass is 254 g/mol. The van der Waals surface area contributed by atoms with E-state index in [0.29, 0.717) is 39.1 Å². The van der Waals surface area contributed by atoms with E-state index >= 15 is 0 Å². The average molecular weight is 254 g/mol. The van der Waals surface area contributed by atoms with Crippen LogP contribution in [0.5, 0.6) is 0 Å². The number of ketones is 1. The maximum atomic E-state index is 12.4. The van der Waals surface area contributed by atoms with E-state index < -0.39 is 5.60 Å². The Hall–Kier alpha value is -0.710. The van der Waals surface area contributed by atoms with Crippen molar-refractivity contribution >= 4 is 17.1 Å². The van der Waals surface area contributed by atoms with Gasteiger partial charge in [-0.2, -0.15) is 11.3 Å². The minimum atomic E-state index is -0.602. The van der Waals surface area contributed by atoms with Crippen molar-refractivity contribution in [3.05, 3.63) is 22.4 Å². The van der Waals surface area contributed by atoms with Crippen molar-refractivity contribution in [3.63, 3.8) is 0 Å². The van der Waals surface area contributed by atoms with E-state index in [1.54, 1.807) is 11.3 Å². The van der Waals surface area contributed by atoms with Crippen molar-refractivity contribution < 1.29 is 14.3 Å². The Labute approximate surface area is 106 Å². The van der Waals surface area contributed by atoms with E-state index in [9.17, 15) is 4.79 Å². The van der Waals surface area contributed by atoms with Crippen LogP contribution in [-0.4, -0.2) is 31.2 Å². The molecule has 0 N–H and O–H groups in total. The molecule has 1 saturated heterocycles. The van der Waals surface area contributed by atoms with E-state index in [2.05, 4.69) is 0 Å². The Balaban J connectivity index is 2.06. The minimum absolute atomic E-state index is 0.195. The molecule has 94 valence electrons. The summed E-state index contributed by atoms with van der Waals surface area (Å²) in [5.74, 6) is 0.195. The van der Waals surface area contributed by atoms with E-state index in [-0.39, 0.29) is 5.78 Å². The quantitative estimate of drug-likeness (QED) is 0.809. The fourth-order valence-corrected chi connectivity index (χ4v) is 2.89. The second-order valence-corrected chi connectivity index (χ2v) is 5.05. The van der Waals surface area contributed by atoms with Gasteiger partial charge in [0.2, 0.25) is 0 Å². The third kappa shape index (κ3) is 2.94. The molecule has 0 aliphatic carbocycles. The third-order valence-electron chi connectivity index (χ3n) is 3.17. The lowest BCUT2D eigenvalue weighted by Gasteiger charge is -2.35. The lowest BCUT2D eigenvalue weighted by atomic mass is 9.86. The van der Waals surface area contributed by atoms with Gasteiger partial charge >= 0.3 is 0 Å². The molecule has 0 radical (unpaired) electrons. The minimum Gasteiger partial charge on any atom is -0.381 e. The summed E-state index contributed by atoms with van der Waals surface area (Å²) < 4.78 is 11.1. The molecule has 0 saturated carbocycles. The van der Waals surface area contributed by atoms with E-state index in [1.807, 2.05) is 23.8 Å². The first-order chi connectivity index (χ1) is 8.27. The number of Topliss-reactive ketones (excluding diaryl/α,β-unsaturated/α-hetero) is 1. The first-order valence-corrected chi connectivity index (χ1v) is 6.97. The van der Waals surface area contributed by atoms with Crippen LogP contribution in [0.15, 0.2) is 16.8 Å². The highest BCUT2D eigenvalue weighted by molar-refractivity contribution is 7.08. The molecule has 2 heterocycles. The molecule has 1 aromatic heterocycles. The number of ether oxygens (including phenoxy) is 2. The molecule has 1 aliphatic heterocycles. The highest BCUT2D eigenvalue weighted by Crippen LogP contribution is 2.28. The summed E-state index contributed by atoms with van der Waals surface area (Å²) in [4.78, 5) is 12.4. The highest BCUT2D eigenvalue weighted by atomic mass is 32.1. The zero-order valence-electron chi connectivity index (χ0n) is 10.1. The van der Waals surface area contributed by atoms with Crippen molar-refractivity contribution in [2.24, 2.45) is 0 Å². The standard InChI is InChI=1S/C13H18O3S/c1-2-16-13(4-6-15-7-5-13)12(14)9-11-3-8-17-10-11/h3,8,10H,2,4-7,9H2,1H3. The Bertz CT molecular complexity index is 347. The molecular weight excluding hydrogens is 236 g/mol. The zero-order valence-corrected chi connectivity index (χ0v) is 10.9. The molecule has 17 heavy (non-hydrogen) atoms. The Kier molecular flexibility index (Phi) is 4.31. The molecule has 0 unspecified atom stereocenters. The largest absolute Gasteiger partial charge is 0.381 e. The summed E-state index contributed by atoms with van der Waals surface area (Å²) in [5.41, 5.74) is 0.486. The third-order valence-corrected chi connectivity index (χ3v) is 3.91. The predicted octanol–water partition coefficient (Wildman–Crippen LogP) is 2.45. The number of rotatable bonds is 5. The number of thiophene rings is 1. The van der Waals surface area contributed by atoms with Gasteiger partial charge in [-0.15, -0.1) is 0 Å². The van der Waals surface area contributed by atoms with E-state index in [0.717, 1.165) is 5.56 Å². The zero-order chi connectivity index (χ0) is 12.1. The van der Waals surface area contributed by atoms with Crippen LogP contribution in [0.25, 0.3) is 0 Å². The number of carbonyl (C=O) groups is 1. The molecule has 3 nitrogen and oxygen atoms in total. The van der Waals surface area contributed by atoms with Crippen molar-refractivity contribution in [2.75, 3.05) is 19.8 Å². The Morgan fingerprint density at radius 1 is 1.53 bits per heavy atom. The maximum Gasteiger partial charge on any atom is 0.169 e. The van der Waals surface area contributed by atoms with Crippen LogP contribution >= 0.6 is 11.3 Å². The molecule has 0 amide bonds. The molecule has 1 fully saturated rings. The SMILES string of the molecule is CCOC1(C(=O)Cc2ccsc2)CCOCC1. The smallest absolute Gasteiger partial charge is 0.169 e. The van der Waals surface area contributed by atoms with Gasteiger partial charge < -0.3 is 9.47 Å². The second-order valence-electron chi connectivity index (χ2n) is 4.27. The molecule has 0 atom stereocenters. The lowest BCUT2D eigenvalue weighted by molar-refractivity contribution is -0.156. The molecule has 1 aromatic rings. The summed E-state index contributed by atoms with van der Waals surface area (Å²) >= 11 is 1.62. The fourth-order valence-electron chi connectivity index (χ4n) is 2.22. The van der Waals surface area contributed by atoms with Crippen LogP contribution in [0.3, 0.4) is 0 Å². The van der Waals surface area contributed by atoms with Crippen LogP contribution in [-0.2, 0) is 20.7 Å². The molecule has 0 aromatic carbocycles. The summed E-state index contributed by atoms with van der Waals surface area (Å²) in [7, 11) is 0. The van der Waals surface area contributed by atoms with Gasteiger partial charge in [0.15, 0.2) is 5.78 Å². The first kappa shape index (κ1) is 12.7. The van der Waals surface area contributed by atoms with Crippen molar-refractivity contribution in [3.8, 4) is 0 Å². The number of hydrogen-bond donors (Lipinski definition) is 0. The van der Waals surface area contributed by atoms with Crippen molar-refractivity contribution in [1.82, 2.24) is 0 Å². The molecule has 0 spiro atoms. The number of hydrogen-bond acceptors (Lipinski definition) is 4. The van der Waals surface area contributed by atoms with Crippen LogP contribution in [0, 0.1) is 0 Å². The first-order valence-electron chi connectivity index (χ1n) is 6.03. The van der Waals surface area contributed by atoms with Crippen LogP contribution in [0.2, 0.25) is 0 Å². The van der Waals surface area contributed by atoms with Gasteiger partial charge in [-0.3, -0.25) is 4.79 Å². The van der Waals surface area contributed by atoms with Gasteiger partial charge in [0.05, 0.1) is 0 Å². The summed E-state index contributed by atoms with van der Waals surface area (Å²) in [6, 6.07) is 2.00. The molecular formula is C13H18O3S. The molecule has 2 rings (SSSR count). The molecule has 1 aliphatic rings. The number of carbonyl (C=O) groups excluding carboxylic acids is 1. The summed E-state index contributed by atoms with van der Waals surface area (Å²) in [5, 5.41) is 4.02. The van der Waals surface area contributed by atoms with Crippen molar-refractivity contribution in [1.29, 1.82) is 0 Å². The van der Waals surface area contributed by atoms with Gasteiger partial charge in [-0.05, 0) is 29.3 Å². The fraction of sp³-hybridized carbons (Fsp3) is 0.615. The van der Waals surface area contributed by atoms with Crippen LogP contribution in [0.1, 0.15) is 25.3 Å². The molecule has 0 bridgehead atoms. The van der Waals surface area contributed by atoms with E-state index in [4.69, 9.17) is 9.47 Å². The van der Waals surface area contributed by atoms with Gasteiger partial charge in [-0.25, -0.2) is 0 Å². The second kappa shape index (κ2) is 5.76. The van der Waals surface area contributed by atoms with E-state index in [1.165, 1.54) is 0 Å². The van der Waals surface area contributed by atoms with Crippen LogP contribution in [0.4, 0.5) is 0 Å². The van der Waals surface area contributed by atoms with Crippen LogP contribution < -0.4 is 0 Å². The Morgan fingerprint density at radius 2 is 2.29 bits per heavy atom. The molecule has 4 heteroatoms. The maximum absolute atomic E-state index is 12.4. The lowest BCUT2D eigenvalue weighted by Crippen LogP contribution is -2.47. The van der Waals surface area contributed by atoms with Gasteiger partial charge in [0.1, 0.15) is 5.60 Å². The van der Waals surface area contributed by atoms with Gasteiger partial charge in [0, 0.05) is 39.1 Å². The average Bonchev–Trinajstić information content (AvgIpc) is 2.83. The Morgan fingerprint density at radius 3 is 2.88 bits per heavy atom.